The topological polar surface area (TPSA) is 52.6 Å². The van der Waals surface area contributed by atoms with E-state index >= 15 is 0 Å². The van der Waals surface area contributed by atoms with Crippen LogP contribution in [0.25, 0.3) is 0 Å². The van der Waals surface area contributed by atoms with E-state index in [-0.39, 0.29) is 5.56 Å². The lowest BCUT2D eigenvalue weighted by atomic mass is 10.2. The van der Waals surface area contributed by atoms with E-state index in [0.29, 0.717) is 10.7 Å². The predicted octanol–water partition coefficient (Wildman–Crippen LogP) is 2.55. The number of rotatable bonds is 5. The Kier molecular flexibility index (Phi) is 4.44. The molecule has 0 bridgehead atoms. The van der Waals surface area contributed by atoms with E-state index in [1.54, 1.807) is 12.1 Å². The Bertz CT molecular complexity index is 431. The van der Waals surface area contributed by atoms with Gasteiger partial charge in [0.1, 0.15) is 0 Å². The van der Waals surface area contributed by atoms with Crippen molar-refractivity contribution in [3.63, 3.8) is 0 Å². The molecular formula is C13H17ClN2O2. The number of anilines is 1. The fourth-order valence-electron chi connectivity index (χ4n) is 2.20. The fourth-order valence-corrected chi connectivity index (χ4v) is 2.38. The number of nitrogens with zero attached hydrogens (tertiary/aromatic N) is 1. The molecule has 1 heterocycles. The van der Waals surface area contributed by atoms with Crippen LogP contribution in [-0.2, 0) is 0 Å². The van der Waals surface area contributed by atoms with Crippen LogP contribution < -0.4 is 5.32 Å². The molecule has 0 aliphatic carbocycles. The number of hydrogen-bond acceptors (Lipinski definition) is 3. The summed E-state index contributed by atoms with van der Waals surface area (Å²) in [5.74, 6) is -0.935. The highest BCUT2D eigenvalue weighted by atomic mass is 35.5. The monoisotopic (exact) mass is 268 g/mol. The zero-order valence-corrected chi connectivity index (χ0v) is 10.9. The third-order valence-electron chi connectivity index (χ3n) is 3.15. The molecule has 0 aromatic heterocycles. The highest BCUT2D eigenvalue weighted by molar-refractivity contribution is 6.31. The van der Waals surface area contributed by atoms with Crippen molar-refractivity contribution in [2.75, 3.05) is 31.5 Å². The molecule has 0 unspecified atom stereocenters. The molecule has 0 amide bonds. The second kappa shape index (κ2) is 6.07. The minimum absolute atomic E-state index is 0.265. The second-order valence-corrected chi connectivity index (χ2v) is 4.91. The van der Waals surface area contributed by atoms with Crippen molar-refractivity contribution in [1.82, 2.24) is 4.90 Å². The predicted molar refractivity (Wildman–Crippen MR) is 72.6 cm³/mol. The smallest absolute Gasteiger partial charge is 0.337 e. The first-order valence-corrected chi connectivity index (χ1v) is 6.53. The largest absolute Gasteiger partial charge is 0.478 e. The van der Waals surface area contributed by atoms with E-state index in [0.717, 1.165) is 26.2 Å². The maximum absolute atomic E-state index is 11.1. The maximum atomic E-state index is 11.1. The van der Waals surface area contributed by atoms with Crippen molar-refractivity contribution in [2.24, 2.45) is 0 Å². The van der Waals surface area contributed by atoms with E-state index in [4.69, 9.17) is 16.7 Å². The lowest BCUT2D eigenvalue weighted by molar-refractivity contribution is 0.0698. The Morgan fingerprint density at radius 1 is 1.39 bits per heavy atom. The molecule has 5 heteroatoms. The minimum Gasteiger partial charge on any atom is -0.478 e. The first-order valence-electron chi connectivity index (χ1n) is 6.16. The first kappa shape index (κ1) is 13.2. The summed E-state index contributed by atoms with van der Waals surface area (Å²) in [4.78, 5) is 13.4. The Hall–Kier alpha value is -1.26. The van der Waals surface area contributed by atoms with Crippen LogP contribution in [0, 0.1) is 0 Å². The summed E-state index contributed by atoms with van der Waals surface area (Å²) in [5, 5.41) is 12.8. The summed E-state index contributed by atoms with van der Waals surface area (Å²) < 4.78 is 0. The summed E-state index contributed by atoms with van der Waals surface area (Å²) in [6.07, 6.45) is 2.52. The number of carbonyl (C=O) groups is 1. The standard InChI is InChI=1S/C13H17ClN2O2/c14-10-3-4-11(13(17)18)12(9-10)15-5-8-16-6-1-2-7-16/h3-4,9,15H,1-2,5-8H2,(H,17,18). The van der Waals surface area contributed by atoms with Crippen LogP contribution in [0.1, 0.15) is 23.2 Å². The van der Waals surface area contributed by atoms with Gasteiger partial charge in [0, 0.05) is 18.1 Å². The minimum atomic E-state index is -0.935. The molecule has 0 spiro atoms. The Balaban J connectivity index is 1.94. The van der Waals surface area contributed by atoms with Crippen molar-refractivity contribution in [3.05, 3.63) is 28.8 Å². The van der Waals surface area contributed by atoms with E-state index in [1.165, 1.54) is 18.9 Å². The number of hydrogen-bond donors (Lipinski definition) is 2. The molecule has 2 N–H and O–H groups in total. The molecule has 18 heavy (non-hydrogen) atoms. The number of likely N-dealkylation sites (tertiary alicyclic amines) is 1. The lowest BCUT2D eigenvalue weighted by Gasteiger charge is -2.16. The number of aromatic carboxylic acids is 1. The maximum Gasteiger partial charge on any atom is 0.337 e. The molecule has 1 saturated heterocycles. The molecule has 0 saturated carbocycles. The van der Waals surface area contributed by atoms with Crippen LogP contribution in [0.4, 0.5) is 5.69 Å². The van der Waals surface area contributed by atoms with Gasteiger partial charge in [0.25, 0.3) is 0 Å². The van der Waals surface area contributed by atoms with Gasteiger partial charge in [-0.3, -0.25) is 0 Å². The van der Waals surface area contributed by atoms with E-state index in [2.05, 4.69) is 10.2 Å². The van der Waals surface area contributed by atoms with E-state index in [9.17, 15) is 4.79 Å². The van der Waals surface area contributed by atoms with Crippen molar-refractivity contribution in [2.45, 2.75) is 12.8 Å². The highest BCUT2D eigenvalue weighted by Gasteiger charge is 2.12. The average Bonchev–Trinajstić information content (AvgIpc) is 2.82. The Labute approximate surface area is 112 Å². The number of halogens is 1. The number of carboxylic acids is 1. The zero-order chi connectivity index (χ0) is 13.0. The van der Waals surface area contributed by atoms with Gasteiger partial charge in [-0.25, -0.2) is 4.79 Å². The van der Waals surface area contributed by atoms with Crippen molar-refractivity contribution >= 4 is 23.3 Å². The third kappa shape index (κ3) is 3.37. The second-order valence-electron chi connectivity index (χ2n) is 4.47. The lowest BCUT2D eigenvalue weighted by Crippen LogP contribution is -2.26. The summed E-state index contributed by atoms with van der Waals surface area (Å²) in [7, 11) is 0. The van der Waals surface area contributed by atoms with Crippen LogP contribution in [0.3, 0.4) is 0 Å². The van der Waals surface area contributed by atoms with E-state index < -0.39 is 5.97 Å². The van der Waals surface area contributed by atoms with Crippen molar-refractivity contribution in [1.29, 1.82) is 0 Å². The summed E-state index contributed by atoms with van der Waals surface area (Å²) in [5.41, 5.74) is 0.856. The van der Waals surface area contributed by atoms with Crippen LogP contribution in [0.2, 0.25) is 5.02 Å². The number of benzene rings is 1. The summed E-state index contributed by atoms with van der Waals surface area (Å²) in [6.45, 7) is 3.96. The van der Waals surface area contributed by atoms with Crippen LogP contribution in [-0.4, -0.2) is 42.2 Å². The van der Waals surface area contributed by atoms with Gasteiger partial charge in [0.05, 0.1) is 11.3 Å². The molecular weight excluding hydrogens is 252 g/mol. The number of carboxylic acid groups (broad SMARTS) is 1. The molecule has 4 nitrogen and oxygen atoms in total. The molecule has 1 fully saturated rings. The molecule has 1 aromatic rings. The summed E-state index contributed by atoms with van der Waals surface area (Å²) in [6, 6.07) is 4.79. The van der Waals surface area contributed by atoms with Gasteiger partial charge < -0.3 is 15.3 Å². The van der Waals surface area contributed by atoms with Gasteiger partial charge in [-0.05, 0) is 44.1 Å². The zero-order valence-electron chi connectivity index (χ0n) is 10.2. The molecule has 0 radical (unpaired) electrons. The Morgan fingerprint density at radius 2 is 2.11 bits per heavy atom. The number of nitrogens with one attached hydrogen (secondary N) is 1. The molecule has 0 atom stereocenters. The molecule has 1 aliphatic heterocycles. The van der Waals surface area contributed by atoms with Gasteiger partial charge in [-0.2, -0.15) is 0 Å². The normalized spacial score (nSPS) is 15.8. The van der Waals surface area contributed by atoms with Gasteiger partial charge >= 0.3 is 5.97 Å². The van der Waals surface area contributed by atoms with Gasteiger partial charge in [-0.15, -0.1) is 0 Å². The van der Waals surface area contributed by atoms with Crippen LogP contribution in [0.5, 0.6) is 0 Å². The fraction of sp³-hybridized carbons (Fsp3) is 0.462. The SMILES string of the molecule is O=C(O)c1ccc(Cl)cc1NCCN1CCCC1. The quantitative estimate of drug-likeness (QED) is 0.862. The molecule has 98 valence electrons. The highest BCUT2D eigenvalue weighted by Crippen LogP contribution is 2.21. The van der Waals surface area contributed by atoms with Gasteiger partial charge in [-0.1, -0.05) is 11.6 Å². The van der Waals surface area contributed by atoms with Crippen molar-refractivity contribution in [3.8, 4) is 0 Å². The first-order chi connectivity index (χ1) is 8.66. The Morgan fingerprint density at radius 3 is 2.78 bits per heavy atom. The van der Waals surface area contributed by atoms with Crippen molar-refractivity contribution < 1.29 is 9.90 Å². The summed E-state index contributed by atoms with van der Waals surface area (Å²) >= 11 is 5.88. The van der Waals surface area contributed by atoms with Crippen LogP contribution >= 0.6 is 11.6 Å². The molecule has 2 rings (SSSR count). The van der Waals surface area contributed by atoms with Gasteiger partial charge in [0.2, 0.25) is 0 Å². The molecule has 1 aliphatic rings. The average molecular weight is 269 g/mol. The van der Waals surface area contributed by atoms with Crippen LogP contribution in [0.15, 0.2) is 18.2 Å². The van der Waals surface area contributed by atoms with Gasteiger partial charge in [0.15, 0.2) is 0 Å². The van der Waals surface area contributed by atoms with E-state index in [1.807, 2.05) is 0 Å². The molecule has 1 aromatic carbocycles. The third-order valence-corrected chi connectivity index (χ3v) is 3.39.